The van der Waals surface area contributed by atoms with Crippen LogP contribution in [0.5, 0.6) is 0 Å². The van der Waals surface area contributed by atoms with E-state index < -0.39 is 29.5 Å². The van der Waals surface area contributed by atoms with E-state index in [9.17, 15) is 24.0 Å². The van der Waals surface area contributed by atoms with Gasteiger partial charge in [-0.2, -0.15) is 5.26 Å². The van der Waals surface area contributed by atoms with Gasteiger partial charge in [0.05, 0.1) is 29.5 Å². The van der Waals surface area contributed by atoms with E-state index in [0.717, 1.165) is 24.4 Å². The highest BCUT2D eigenvalue weighted by atomic mass is 32.2. The van der Waals surface area contributed by atoms with Crippen molar-refractivity contribution in [2.24, 2.45) is 5.92 Å². The first-order chi connectivity index (χ1) is 15.4. The normalized spacial score (nSPS) is 17.9. The average Bonchev–Trinajstić information content (AvgIpc) is 2.78. The van der Waals surface area contributed by atoms with Crippen LogP contribution in [0.1, 0.15) is 17.0 Å². The summed E-state index contributed by atoms with van der Waals surface area (Å²) in [6.07, 6.45) is 0. The second kappa shape index (κ2) is 10.1. The Hall–Kier alpha value is -3.64. The zero-order valence-corrected chi connectivity index (χ0v) is 18.2. The smallest absolute Gasteiger partial charge is 0.319 e. The fourth-order valence-corrected chi connectivity index (χ4v) is 4.27. The van der Waals surface area contributed by atoms with Crippen molar-refractivity contribution in [2.45, 2.75) is 12.8 Å². The van der Waals surface area contributed by atoms with E-state index in [0.29, 0.717) is 5.69 Å². The molecule has 164 valence electrons. The Morgan fingerprint density at radius 2 is 1.91 bits per heavy atom. The number of aryl methyl sites for hydroxylation is 1. The van der Waals surface area contributed by atoms with Gasteiger partial charge in [0.1, 0.15) is 11.7 Å². The minimum atomic E-state index is -1.43. The number of para-hydroxylation sites is 1. The van der Waals surface area contributed by atoms with Gasteiger partial charge in [-0.3, -0.25) is 14.4 Å². The summed E-state index contributed by atoms with van der Waals surface area (Å²) in [5.74, 6) is -5.34. The number of hydrogen-bond acceptors (Lipinski definition) is 6. The van der Waals surface area contributed by atoms with E-state index >= 15 is 0 Å². The fraction of sp³-hybridized carbons (Fsp3) is 0.217. The van der Waals surface area contributed by atoms with Crippen molar-refractivity contribution in [3.63, 3.8) is 0 Å². The number of ether oxygens (including phenoxy) is 1. The predicted molar refractivity (Wildman–Crippen MR) is 118 cm³/mol. The number of rotatable bonds is 6. The molecule has 0 saturated carbocycles. The summed E-state index contributed by atoms with van der Waals surface area (Å²) in [6.45, 7) is 1.85. The van der Waals surface area contributed by atoms with Gasteiger partial charge in [0.2, 0.25) is 11.8 Å². The monoisotopic (exact) mass is 453 g/mol. The van der Waals surface area contributed by atoms with Crippen molar-refractivity contribution in [3.8, 4) is 6.07 Å². The molecule has 2 aromatic rings. The summed E-state index contributed by atoms with van der Waals surface area (Å²) in [5, 5.41) is 15.2. The molecule has 0 bridgehead atoms. The van der Waals surface area contributed by atoms with Crippen LogP contribution in [0.4, 0.5) is 10.1 Å². The number of esters is 1. The van der Waals surface area contributed by atoms with E-state index in [-0.39, 0.29) is 27.8 Å². The van der Waals surface area contributed by atoms with E-state index in [1.54, 1.807) is 18.2 Å². The SMILES string of the molecule is COC(=O)[C@@H]1C(=O)NC(SCC(=O)Nc2ccccc2C)=C(C#N)[C@H]1c1ccccc1F. The van der Waals surface area contributed by atoms with Gasteiger partial charge in [-0.15, -0.1) is 0 Å². The number of amides is 2. The molecule has 2 atom stereocenters. The van der Waals surface area contributed by atoms with Crippen molar-refractivity contribution in [1.82, 2.24) is 5.32 Å². The Labute approximate surface area is 188 Å². The second-order valence-electron chi connectivity index (χ2n) is 7.00. The van der Waals surface area contributed by atoms with Crippen LogP contribution < -0.4 is 10.6 Å². The molecule has 0 fully saturated rings. The number of carbonyl (C=O) groups excluding carboxylic acids is 3. The first-order valence-corrected chi connectivity index (χ1v) is 10.6. The van der Waals surface area contributed by atoms with Crippen LogP contribution in [-0.4, -0.2) is 30.6 Å². The standard InChI is InChI=1S/C23H20FN3O4S/c1-13-7-3-6-10-17(13)26-18(28)12-32-22-15(11-25)19(14-8-4-5-9-16(14)24)20(21(29)27-22)23(30)31-2/h3-10,19-20H,12H2,1-2H3,(H,26,28)(H,27,29)/t19-,20+/m1/s1. The number of thioether (sulfide) groups is 1. The highest BCUT2D eigenvalue weighted by molar-refractivity contribution is 8.03. The van der Waals surface area contributed by atoms with E-state index in [1.165, 1.54) is 18.2 Å². The Kier molecular flexibility index (Phi) is 7.28. The number of hydrogen-bond donors (Lipinski definition) is 2. The molecular weight excluding hydrogens is 433 g/mol. The van der Waals surface area contributed by atoms with Crippen LogP contribution in [0.25, 0.3) is 0 Å². The van der Waals surface area contributed by atoms with Crippen LogP contribution in [0.3, 0.4) is 0 Å². The molecule has 1 aliphatic rings. The van der Waals surface area contributed by atoms with Gasteiger partial charge in [-0.1, -0.05) is 48.2 Å². The molecule has 7 nitrogen and oxygen atoms in total. The summed E-state index contributed by atoms with van der Waals surface area (Å²) in [4.78, 5) is 37.5. The third-order valence-electron chi connectivity index (χ3n) is 4.99. The summed E-state index contributed by atoms with van der Waals surface area (Å²) in [7, 11) is 1.12. The number of methoxy groups -OCH3 is 1. The second-order valence-corrected chi connectivity index (χ2v) is 7.98. The third-order valence-corrected chi connectivity index (χ3v) is 6.01. The third kappa shape index (κ3) is 4.81. The summed E-state index contributed by atoms with van der Waals surface area (Å²) in [6, 6.07) is 14.9. The molecule has 2 aromatic carbocycles. The molecule has 0 radical (unpaired) electrons. The van der Waals surface area contributed by atoms with Gasteiger partial charge in [0, 0.05) is 11.6 Å². The van der Waals surface area contributed by atoms with E-state index in [4.69, 9.17) is 4.74 Å². The summed E-state index contributed by atoms with van der Waals surface area (Å²) in [5.41, 5.74) is 1.54. The molecule has 9 heteroatoms. The largest absolute Gasteiger partial charge is 0.468 e. The molecule has 1 heterocycles. The van der Waals surface area contributed by atoms with Crippen LogP contribution >= 0.6 is 11.8 Å². The molecule has 0 unspecified atom stereocenters. The van der Waals surface area contributed by atoms with E-state index in [1.807, 2.05) is 25.1 Å². The van der Waals surface area contributed by atoms with E-state index in [2.05, 4.69) is 10.6 Å². The Morgan fingerprint density at radius 3 is 2.56 bits per heavy atom. The maximum absolute atomic E-state index is 14.6. The summed E-state index contributed by atoms with van der Waals surface area (Å²) >= 11 is 0.931. The average molecular weight is 453 g/mol. The summed E-state index contributed by atoms with van der Waals surface area (Å²) < 4.78 is 19.3. The molecule has 2 amide bonds. The number of allylic oxidation sites excluding steroid dienone is 1. The number of halogens is 1. The number of nitrogens with zero attached hydrogens (tertiary/aromatic N) is 1. The van der Waals surface area contributed by atoms with Gasteiger partial charge in [0.15, 0.2) is 0 Å². The molecule has 32 heavy (non-hydrogen) atoms. The number of nitriles is 1. The molecule has 3 rings (SSSR count). The van der Waals surface area contributed by atoms with Gasteiger partial charge < -0.3 is 15.4 Å². The van der Waals surface area contributed by atoms with Crippen LogP contribution in [0.2, 0.25) is 0 Å². The van der Waals surface area contributed by atoms with Crippen molar-refractivity contribution < 1.29 is 23.5 Å². The lowest BCUT2D eigenvalue weighted by atomic mass is 9.78. The van der Waals surface area contributed by atoms with Crippen LogP contribution in [-0.2, 0) is 19.1 Å². The highest BCUT2D eigenvalue weighted by Crippen LogP contribution is 2.41. The lowest BCUT2D eigenvalue weighted by Gasteiger charge is -2.31. The minimum Gasteiger partial charge on any atom is -0.468 e. The number of benzene rings is 2. The topological polar surface area (TPSA) is 108 Å². The van der Waals surface area contributed by atoms with Gasteiger partial charge in [-0.25, -0.2) is 4.39 Å². The van der Waals surface area contributed by atoms with Crippen molar-refractivity contribution in [1.29, 1.82) is 5.26 Å². The predicted octanol–water partition coefficient (Wildman–Crippen LogP) is 3.24. The fourth-order valence-electron chi connectivity index (χ4n) is 3.42. The van der Waals surface area contributed by atoms with Gasteiger partial charge in [0.25, 0.3) is 0 Å². The zero-order chi connectivity index (χ0) is 23.3. The molecule has 0 aromatic heterocycles. The van der Waals surface area contributed by atoms with Crippen LogP contribution in [0, 0.1) is 30.0 Å². The van der Waals surface area contributed by atoms with Gasteiger partial charge >= 0.3 is 5.97 Å². The Bertz CT molecular complexity index is 1140. The first-order valence-electron chi connectivity index (χ1n) is 9.63. The molecule has 0 saturated heterocycles. The lowest BCUT2D eigenvalue weighted by Crippen LogP contribution is -2.44. The van der Waals surface area contributed by atoms with Crippen LogP contribution in [0.15, 0.2) is 59.1 Å². The van der Waals surface area contributed by atoms with Crippen molar-refractivity contribution in [2.75, 3.05) is 18.2 Å². The number of carbonyl (C=O) groups is 3. The molecule has 2 N–H and O–H groups in total. The number of anilines is 1. The first kappa shape index (κ1) is 23.0. The molecule has 0 aliphatic carbocycles. The Morgan fingerprint density at radius 1 is 1.22 bits per heavy atom. The highest BCUT2D eigenvalue weighted by Gasteiger charge is 2.45. The maximum atomic E-state index is 14.6. The lowest BCUT2D eigenvalue weighted by molar-refractivity contribution is -0.150. The quantitative estimate of drug-likeness (QED) is 0.514. The molecular formula is C23H20FN3O4S. The van der Waals surface area contributed by atoms with Crippen molar-refractivity contribution >= 4 is 35.2 Å². The molecule has 0 spiro atoms. The molecule has 1 aliphatic heterocycles. The number of nitrogens with one attached hydrogen (secondary N) is 2. The Balaban J connectivity index is 1.92. The zero-order valence-electron chi connectivity index (χ0n) is 17.3. The van der Waals surface area contributed by atoms with Crippen molar-refractivity contribution in [3.05, 3.63) is 76.1 Å². The minimum absolute atomic E-state index is 0.0150. The van der Waals surface area contributed by atoms with Gasteiger partial charge in [-0.05, 0) is 30.2 Å². The maximum Gasteiger partial charge on any atom is 0.319 e.